The minimum absolute atomic E-state index is 0.0761. The van der Waals surface area contributed by atoms with Gasteiger partial charge in [-0.25, -0.2) is 9.59 Å². The molecule has 12 nitrogen and oxygen atoms in total. The lowest BCUT2D eigenvalue weighted by atomic mass is 9.83. The van der Waals surface area contributed by atoms with Gasteiger partial charge in [-0.1, -0.05) is 68.7 Å². The summed E-state index contributed by atoms with van der Waals surface area (Å²) in [5, 5.41) is 0. The summed E-state index contributed by atoms with van der Waals surface area (Å²) in [7, 11) is 0. The van der Waals surface area contributed by atoms with Gasteiger partial charge in [-0.3, -0.25) is 4.79 Å². The highest BCUT2D eigenvalue weighted by atomic mass is 16.7. The molecule has 0 radical (unpaired) electrons. The maximum absolute atomic E-state index is 12.3. The molecule has 0 aromatic heterocycles. The van der Waals surface area contributed by atoms with Crippen LogP contribution in [0.25, 0.3) is 0 Å². The molecule has 1 aliphatic rings. The molecular formula is C47H54N4O8. The van der Waals surface area contributed by atoms with Crippen LogP contribution in [0.2, 0.25) is 0 Å². The van der Waals surface area contributed by atoms with Gasteiger partial charge in [0, 0.05) is 40.5 Å². The smallest absolute Gasteiger partial charge is 0.341 e. The molecule has 0 aliphatic heterocycles. The van der Waals surface area contributed by atoms with Crippen LogP contribution in [-0.2, 0) is 14.2 Å². The van der Waals surface area contributed by atoms with Crippen LogP contribution in [0.5, 0.6) is 11.5 Å². The van der Waals surface area contributed by atoms with Crippen molar-refractivity contribution in [3.8, 4) is 11.5 Å². The maximum Gasteiger partial charge on any atom is 0.341 e. The van der Waals surface area contributed by atoms with Gasteiger partial charge in [-0.2, -0.15) is 0 Å². The number of rotatable bonds is 17. The Kier molecular flexibility index (Phi) is 16.6. The highest BCUT2D eigenvalue weighted by Gasteiger charge is 2.23. The van der Waals surface area contributed by atoms with E-state index < -0.39 is 11.9 Å². The number of unbranched alkanes of at least 4 members (excludes halogenated alkanes) is 3. The monoisotopic (exact) mass is 802 g/mol. The van der Waals surface area contributed by atoms with Crippen molar-refractivity contribution in [2.24, 2.45) is 0 Å². The van der Waals surface area contributed by atoms with Crippen LogP contribution in [0.3, 0.4) is 0 Å². The summed E-state index contributed by atoms with van der Waals surface area (Å²) in [5.74, 6) is 0.510. The zero-order valence-electron chi connectivity index (χ0n) is 33.5. The average molecular weight is 803 g/mol. The molecule has 0 amide bonds. The van der Waals surface area contributed by atoms with Gasteiger partial charge in [-0.05, 0) is 116 Å². The molecule has 0 bridgehead atoms. The second-order valence-corrected chi connectivity index (χ2v) is 14.4. The molecule has 1 aliphatic carbocycles. The molecule has 6 rings (SSSR count). The third-order valence-corrected chi connectivity index (χ3v) is 9.79. The van der Waals surface area contributed by atoms with E-state index in [1.165, 1.54) is 55.5 Å². The van der Waals surface area contributed by atoms with Crippen molar-refractivity contribution in [2.75, 3.05) is 43.1 Å². The first-order chi connectivity index (χ1) is 28.6. The number of anilines is 4. The van der Waals surface area contributed by atoms with Crippen molar-refractivity contribution in [2.45, 2.75) is 70.3 Å². The third kappa shape index (κ3) is 14.1. The van der Waals surface area contributed by atoms with E-state index in [0.29, 0.717) is 63.0 Å². The number of nitrogen functional groups attached to an aromatic ring is 4. The lowest BCUT2D eigenvalue weighted by Gasteiger charge is -2.29. The van der Waals surface area contributed by atoms with Gasteiger partial charge in [0.25, 0.3) is 0 Å². The highest BCUT2D eigenvalue weighted by molar-refractivity contribution is 6.09. The predicted octanol–water partition coefficient (Wildman–Crippen LogP) is 8.94. The highest BCUT2D eigenvalue weighted by Crippen LogP contribution is 2.35. The van der Waals surface area contributed by atoms with E-state index >= 15 is 0 Å². The summed E-state index contributed by atoms with van der Waals surface area (Å²) < 4.78 is 27.2. The van der Waals surface area contributed by atoms with Gasteiger partial charge in [0.15, 0.2) is 5.78 Å². The summed E-state index contributed by atoms with van der Waals surface area (Å²) in [6, 6.07) is 32.8. The first-order valence-electron chi connectivity index (χ1n) is 19.9. The van der Waals surface area contributed by atoms with Crippen LogP contribution in [0.4, 0.5) is 22.7 Å². The number of esters is 2. The van der Waals surface area contributed by atoms with Crippen molar-refractivity contribution >= 4 is 40.5 Å². The summed E-state index contributed by atoms with van der Waals surface area (Å²) in [4.78, 5) is 36.4. The van der Waals surface area contributed by atoms with E-state index in [0.717, 1.165) is 32.3 Å². The molecule has 5 aromatic carbocycles. The molecule has 1 fully saturated rings. The lowest BCUT2D eigenvalue weighted by molar-refractivity contribution is 0.0144. The van der Waals surface area contributed by atoms with E-state index in [-0.39, 0.29) is 24.9 Å². The predicted molar refractivity (Wildman–Crippen MR) is 230 cm³/mol. The first kappa shape index (κ1) is 43.6. The van der Waals surface area contributed by atoms with E-state index in [2.05, 4.69) is 19.1 Å². The molecular weight excluding hydrogens is 749 g/mol. The number of benzene rings is 5. The normalized spacial score (nSPS) is 14.6. The van der Waals surface area contributed by atoms with E-state index in [1.54, 1.807) is 48.5 Å². The Morgan fingerprint density at radius 2 is 1.02 bits per heavy atom. The van der Waals surface area contributed by atoms with Crippen LogP contribution in [0.15, 0.2) is 115 Å². The van der Waals surface area contributed by atoms with Gasteiger partial charge in [-0.15, -0.1) is 0 Å². The zero-order valence-corrected chi connectivity index (χ0v) is 33.5. The van der Waals surface area contributed by atoms with Gasteiger partial charge in [0.05, 0.1) is 17.2 Å². The molecule has 0 atom stereocenters. The topological polar surface area (TPSA) is 201 Å². The summed E-state index contributed by atoms with van der Waals surface area (Å²) >= 11 is 0. The number of ketones is 1. The molecule has 0 spiro atoms. The Morgan fingerprint density at radius 1 is 0.542 bits per heavy atom. The molecule has 0 heterocycles. The van der Waals surface area contributed by atoms with Crippen LogP contribution in [0.1, 0.15) is 106 Å². The third-order valence-electron chi connectivity index (χ3n) is 9.79. The molecule has 1 saturated carbocycles. The van der Waals surface area contributed by atoms with Gasteiger partial charge >= 0.3 is 11.9 Å². The Labute approximate surface area is 345 Å². The second-order valence-electron chi connectivity index (χ2n) is 14.4. The summed E-state index contributed by atoms with van der Waals surface area (Å²) in [5.41, 5.74) is 27.3. The summed E-state index contributed by atoms with van der Waals surface area (Å²) in [6.45, 7) is 2.68. The van der Waals surface area contributed by atoms with Gasteiger partial charge < -0.3 is 46.6 Å². The lowest BCUT2D eigenvalue weighted by Crippen LogP contribution is -2.21. The van der Waals surface area contributed by atoms with Crippen molar-refractivity contribution in [3.63, 3.8) is 0 Å². The van der Waals surface area contributed by atoms with Crippen LogP contribution < -0.4 is 32.4 Å². The molecule has 12 heteroatoms. The molecule has 0 saturated heterocycles. The minimum atomic E-state index is -0.593. The average Bonchev–Trinajstić information content (AvgIpc) is 3.24. The van der Waals surface area contributed by atoms with Crippen molar-refractivity contribution < 1.29 is 38.1 Å². The van der Waals surface area contributed by atoms with E-state index in [1.807, 2.05) is 30.3 Å². The maximum atomic E-state index is 12.3. The van der Waals surface area contributed by atoms with Crippen LogP contribution >= 0.6 is 0 Å². The standard InChI is InChI=1S/C26H36N2O4.C21H18N2O4/c1-2-3-4-5-14-30-24-10-6-19(7-11-24)20-8-12-25(13-9-20)31-18-32-26(29)21-15-22(27)17-23(28)16-21;22-17-10-16(11-18(23)12-17)21(25)27-13-26-19-8-6-15(7-9-19)20(24)14-4-2-1-3-5-14/h8-9,12-13,15-17,19,24H,2-7,10-11,14,18,27-28H2,1H3;1-12H,13,22-23H2. The first-order valence-corrected chi connectivity index (χ1v) is 19.9. The van der Waals surface area contributed by atoms with Crippen molar-refractivity contribution in [1.29, 1.82) is 0 Å². The zero-order chi connectivity index (χ0) is 42.0. The molecule has 0 unspecified atom stereocenters. The van der Waals surface area contributed by atoms with Crippen LogP contribution in [-0.4, -0.2) is 44.0 Å². The van der Waals surface area contributed by atoms with Gasteiger partial charge in [0.1, 0.15) is 11.5 Å². The SMILES string of the molecule is CCCCCCOC1CCC(c2ccc(OCOC(=O)c3cc(N)cc(N)c3)cc2)CC1.Nc1cc(N)cc(C(=O)OCOc2ccc(C(=O)c3ccccc3)cc2)c1. The Hall–Kier alpha value is -6.53. The minimum Gasteiger partial charge on any atom is -0.457 e. The number of hydrogen-bond donors (Lipinski definition) is 4. The Morgan fingerprint density at radius 3 is 1.51 bits per heavy atom. The van der Waals surface area contributed by atoms with Crippen LogP contribution in [0, 0.1) is 0 Å². The number of ether oxygens (including phenoxy) is 5. The second kappa shape index (κ2) is 22.4. The fourth-order valence-electron chi connectivity index (χ4n) is 6.69. The quantitative estimate of drug-likeness (QED) is 0.0229. The van der Waals surface area contributed by atoms with Crippen molar-refractivity contribution in [1.82, 2.24) is 0 Å². The number of hydrogen-bond acceptors (Lipinski definition) is 12. The largest absolute Gasteiger partial charge is 0.457 e. The van der Waals surface area contributed by atoms with E-state index in [4.69, 9.17) is 46.6 Å². The fraction of sp³-hybridized carbons (Fsp3) is 0.298. The van der Waals surface area contributed by atoms with Gasteiger partial charge in [0.2, 0.25) is 13.6 Å². The molecule has 8 N–H and O–H groups in total. The van der Waals surface area contributed by atoms with Crippen molar-refractivity contribution in [3.05, 3.63) is 143 Å². The molecule has 5 aromatic rings. The number of carbonyl (C=O) groups excluding carboxylic acids is 3. The van der Waals surface area contributed by atoms with E-state index in [9.17, 15) is 14.4 Å². The number of nitrogens with two attached hydrogens (primary N) is 4. The summed E-state index contributed by atoms with van der Waals surface area (Å²) in [6.07, 6.45) is 9.99. The Bertz CT molecular complexity index is 2060. The molecule has 59 heavy (non-hydrogen) atoms. The number of carbonyl (C=O) groups is 3. The molecule has 310 valence electrons. The fourth-order valence-corrected chi connectivity index (χ4v) is 6.69. The Balaban J connectivity index is 0.000000227.